The fourth-order valence-electron chi connectivity index (χ4n) is 3.85. The van der Waals surface area contributed by atoms with E-state index in [1.165, 1.54) is 5.56 Å². The highest BCUT2D eigenvalue weighted by atomic mass is 16.3. The van der Waals surface area contributed by atoms with Crippen molar-refractivity contribution in [3.05, 3.63) is 81.2 Å². The molecule has 2 heterocycles. The molecule has 0 N–H and O–H groups in total. The Balaban J connectivity index is 1.94. The average molecular weight is 361 g/mol. The van der Waals surface area contributed by atoms with Crippen LogP contribution >= 0.6 is 0 Å². The molecule has 4 heteroatoms. The Morgan fingerprint density at radius 3 is 2.41 bits per heavy atom. The maximum Gasteiger partial charge on any atom is 0.290 e. The third-order valence-corrected chi connectivity index (χ3v) is 5.26. The average Bonchev–Trinajstić information content (AvgIpc) is 2.95. The van der Waals surface area contributed by atoms with Gasteiger partial charge in [0.05, 0.1) is 17.0 Å². The second-order valence-electron chi connectivity index (χ2n) is 7.39. The van der Waals surface area contributed by atoms with E-state index in [9.17, 15) is 9.59 Å². The lowest BCUT2D eigenvalue weighted by molar-refractivity contribution is 0.0728. The van der Waals surface area contributed by atoms with Gasteiger partial charge in [-0.3, -0.25) is 9.59 Å². The van der Waals surface area contributed by atoms with Crippen LogP contribution in [0.5, 0.6) is 0 Å². The molecule has 1 atom stereocenters. The zero-order valence-corrected chi connectivity index (χ0v) is 15.9. The lowest BCUT2D eigenvalue weighted by Crippen LogP contribution is -2.30. The van der Waals surface area contributed by atoms with Crippen LogP contribution < -0.4 is 5.43 Å². The predicted molar refractivity (Wildman–Crippen MR) is 106 cm³/mol. The standard InChI is InChI=1S/C23H23NO3/c1-4-13-24-20(16-11-9-15(10-12-16)14(2)3)19-21(25)17-7-5-6-8-18(17)27-22(19)23(24)26/h5-12,14,20H,4,13H2,1-3H3/t20-/m1/s1. The molecule has 0 saturated carbocycles. The molecule has 0 aliphatic carbocycles. The van der Waals surface area contributed by atoms with Gasteiger partial charge in [0.15, 0.2) is 5.43 Å². The molecular weight excluding hydrogens is 338 g/mol. The summed E-state index contributed by atoms with van der Waals surface area (Å²) in [6.07, 6.45) is 0.814. The number of nitrogens with zero attached hydrogens (tertiary/aromatic N) is 1. The first-order valence-electron chi connectivity index (χ1n) is 9.49. The lowest BCUT2D eigenvalue weighted by Gasteiger charge is -2.25. The molecule has 0 radical (unpaired) electrons. The van der Waals surface area contributed by atoms with Crippen molar-refractivity contribution in [2.24, 2.45) is 0 Å². The van der Waals surface area contributed by atoms with Gasteiger partial charge in [-0.1, -0.05) is 57.2 Å². The summed E-state index contributed by atoms with van der Waals surface area (Å²) in [5.74, 6) is 0.412. The summed E-state index contributed by atoms with van der Waals surface area (Å²) in [5.41, 5.74) is 2.99. The van der Waals surface area contributed by atoms with E-state index in [2.05, 4.69) is 26.0 Å². The molecule has 0 bridgehead atoms. The van der Waals surface area contributed by atoms with Gasteiger partial charge in [0, 0.05) is 6.54 Å². The molecule has 0 saturated heterocycles. The van der Waals surface area contributed by atoms with Crippen molar-refractivity contribution in [2.75, 3.05) is 6.54 Å². The maximum atomic E-state index is 13.2. The molecule has 2 aromatic carbocycles. The number of carbonyl (C=O) groups is 1. The minimum Gasteiger partial charge on any atom is -0.450 e. The second kappa shape index (κ2) is 6.69. The Morgan fingerprint density at radius 1 is 1.04 bits per heavy atom. The van der Waals surface area contributed by atoms with Gasteiger partial charge in [-0.25, -0.2) is 0 Å². The molecule has 4 nitrogen and oxygen atoms in total. The van der Waals surface area contributed by atoms with Gasteiger partial charge in [-0.05, 0) is 35.6 Å². The monoisotopic (exact) mass is 361 g/mol. The summed E-state index contributed by atoms with van der Waals surface area (Å²) in [4.78, 5) is 28.0. The third-order valence-electron chi connectivity index (χ3n) is 5.26. The van der Waals surface area contributed by atoms with Crippen molar-refractivity contribution >= 4 is 16.9 Å². The summed E-state index contributed by atoms with van der Waals surface area (Å²) in [7, 11) is 0. The molecule has 0 unspecified atom stereocenters. The molecule has 0 spiro atoms. The highest BCUT2D eigenvalue weighted by Gasteiger charge is 2.42. The van der Waals surface area contributed by atoms with Crippen molar-refractivity contribution in [2.45, 2.75) is 39.2 Å². The van der Waals surface area contributed by atoms with Crippen molar-refractivity contribution < 1.29 is 9.21 Å². The zero-order chi connectivity index (χ0) is 19.1. The van der Waals surface area contributed by atoms with Gasteiger partial charge in [-0.15, -0.1) is 0 Å². The maximum absolute atomic E-state index is 13.2. The molecule has 3 aromatic rings. The van der Waals surface area contributed by atoms with E-state index in [0.717, 1.165) is 12.0 Å². The highest BCUT2D eigenvalue weighted by Crippen LogP contribution is 2.38. The Morgan fingerprint density at radius 2 is 1.74 bits per heavy atom. The number of fused-ring (bicyclic) bond motifs is 2. The number of rotatable bonds is 4. The molecular formula is C23H23NO3. The number of carbonyl (C=O) groups excluding carboxylic acids is 1. The van der Waals surface area contributed by atoms with E-state index < -0.39 is 6.04 Å². The molecule has 1 aliphatic heterocycles. The van der Waals surface area contributed by atoms with Crippen molar-refractivity contribution in [1.29, 1.82) is 0 Å². The summed E-state index contributed by atoms with van der Waals surface area (Å²) in [5, 5.41) is 0.520. The summed E-state index contributed by atoms with van der Waals surface area (Å²) >= 11 is 0. The van der Waals surface area contributed by atoms with Gasteiger partial charge in [0.25, 0.3) is 5.91 Å². The van der Waals surface area contributed by atoms with E-state index in [1.807, 2.05) is 31.2 Å². The van der Waals surface area contributed by atoms with Crippen molar-refractivity contribution in [1.82, 2.24) is 4.90 Å². The quantitative estimate of drug-likeness (QED) is 0.666. The highest BCUT2D eigenvalue weighted by molar-refractivity contribution is 5.99. The first-order valence-corrected chi connectivity index (χ1v) is 9.49. The summed E-state index contributed by atoms with van der Waals surface area (Å²) < 4.78 is 5.90. The van der Waals surface area contributed by atoms with Crippen LogP contribution in [-0.2, 0) is 0 Å². The zero-order valence-electron chi connectivity index (χ0n) is 15.9. The Hall–Kier alpha value is -2.88. The molecule has 1 aliphatic rings. The van der Waals surface area contributed by atoms with E-state index in [-0.39, 0.29) is 17.1 Å². The SMILES string of the molecule is CCCN1C(=O)c2oc3ccccc3c(=O)c2[C@H]1c1ccc(C(C)C)cc1. The molecule has 1 aromatic heterocycles. The third kappa shape index (κ3) is 2.76. The molecule has 0 fully saturated rings. The number of hydrogen-bond donors (Lipinski definition) is 0. The van der Waals surface area contributed by atoms with Crippen LogP contribution in [0.15, 0.2) is 57.7 Å². The van der Waals surface area contributed by atoms with Crippen LogP contribution in [-0.4, -0.2) is 17.4 Å². The Labute approximate surface area is 158 Å². The first kappa shape index (κ1) is 17.5. The molecule has 138 valence electrons. The fourth-order valence-corrected chi connectivity index (χ4v) is 3.85. The van der Waals surface area contributed by atoms with Crippen LogP contribution in [0.3, 0.4) is 0 Å². The minimum absolute atomic E-state index is 0.114. The number of amides is 1. The van der Waals surface area contributed by atoms with Crippen LogP contribution in [0.4, 0.5) is 0 Å². The lowest BCUT2D eigenvalue weighted by atomic mass is 9.95. The fraction of sp³-hybridized carbons (Fsp3) is 0.304. The summed E-state index contributed by atoms with van der Waals surface area (Å²) in [6, 6.07) is 14.9. The van der Waals surface area contributed by atoms with Gasteiger partial charge < -0.3 is 9.32 Å². The van der Waals surface area contributed by atoms with Gasteiger partial charge in [0.1, 0.15) is 5.58 Å². The van der Waals surface area contributed by atoms with Crippen molar-refractivity contribution in [3.63, 3.8) is 0 Å². The van der Waals surface area contributed by atoms with Gasteiger partial charge >= 0.3 is 0 Å². The molecule has 4 rings (SSSR count). The van der Waals surface area contributed by atoms with Crippen molar-refractivity contribution in [3.8, 4) is 0 Å². The largest absolute Gasteiger partial charge is 0.450 e. The Kier molecular flexibility index (Phi) is 4.34. The van der Waals surface area contributed by atoms with Crippen LogP contribution in [0.25, 0.3) is 11.0 Å². The van der Waals surface area contributed by atoms with Gasteiger partial charge in [0.2, 0.25) is 5.76 Å². The van der Waals surface area contributed by atoms with E-state index >= 15 is 0 Å². The van der Waals surface area contributed by atoms with E-state index in [4.69, 9.17) is 4.42 Å². The molecule has 1 amide bonds. The number of hydrogen-bond acceptors (Lipinski definition) is 3. The normalized spacial score (nSPS) is 16.4. The van der Waals surface area contributed by atoms with Crippen LogP contribution in [0.1, 0.15) is 66.4 Å². The smallest absolute Gasteiger partial charge is 0.290 e. The van der Waals surface area contributed by atoms with E-state index in [1.54, 1.807) is 17.0 Å². The topological polar surface area (TPSA) is 50.5 Å². The molecule has 27 heavy (non-hydrogen) atoms. The summed E-state index contributed by atoms with van der Waals surface area (Å²) in [6.45, 7) is 6.90. The van der Waals surface area contributed by atoms with Crippen LogP contribution in [0.2, 0.25) is 0 Å². The predicted octanol–water partition coefficient (Wildman–Crippen LogP) is 4.87. The number of benzene rings is 2. The van der Waals surface area contributed by atoms with Gasteiger partial charge in [-0.2, -0.15) is 0 Å². The van der Waals surface area contributed by atoms with Crippen LogP contribution in [0, 0.1) is 0 Å². The number of para-hydroxylation sites is 1. The second-order valence-corrected chi connectivity index (χ2v) is 7.39. The minimum atomic E-state index is -0.394. The van der Waals surface area contributed by atoms with E-state index in [0.29, 0.717) is 29.0 Å². The Bertz CT molecular complexity index is 1060. The first-order chi connectivity index (χ1) is 13.0.